The minimum Gasteiger partial charge on any atom is -0.347 e. The van der Waals surface area contributed by atoms with Gasteiger partial charge in [-0.3, -0.25) is 4.79 Å². The number of rotatable bonds is 4. The van der Waals surface area contributed by atoms with E-state index in [4.69, 9.17) is 0 Å². The van der Waals surface area contributed by atoms with E-state index in [1.807, 2.05) is 20.8 Å². The van der Waals surface area contributed by atoms with Crippen LogP contribution in [0.25, 0.3) is 0 Å². The van der Waals surface area contributed by atoms with E-state index in [1.54, 1.807) is 0 Å². The summed E-state index contributed by atoms with van der Waals surface area (Å²) in [6, 6.07) is 1.33. The summed E-state index contributed by atoms with van der Waals surface area (Å²) in [6.45, 7) is 6.90. The van der Waals surface area contributed by atoms with Gasteiger partial charge in [-0.05, 0) is 32.9 Å². The van der Waals surface area contributed by atoms with Gasteiger partial charge in [-0.15, -0.1) is 0 Å². The van der Waals surface area contributed by atoms with Gasteiger partial charge in [-0.1, -0.05) is 0 Å². The van der Waals surface area contributed by atoms with Crippen molar-refractivity contribution in [2.45, 2.75) is 37.6 Å². The van der Waals surface area contributed by atoms with Gasteiger partial charge in [-0.2, -0.15) is 4.31 Å². The monoisotopic (exact) mass is 408 g/mol. The molecule has 152 valence electrons. The van der Waals surface area contributed by atoms with Crippen LogP contribution in [0, 0.1) is 17.5 Å². The summed E-state index contributed by atoms with van der Waals surface area (Å²) in [7, 11) is -4.30. The fourth-order valence-corrected chi connectivity index (χ4v) is 4.51. The second-order valence-corrected chi connectivity index (χ2v) is 9.56. The summed E-state index contributed by atoms with van der Waals surface area (Å²) in [5.74, 6) is -5.10. The highest BCUT2D eigenvalue weighted by molar-refractivity contribution is 7.89. The highest BCUT2D eigenvalue weighted by Gasteiger charge is 2.33. The highest BCUT2D eigenvalue weighted by atomic mass is 32.2. The van der Waals surface area contributed by atoms with Gasteiger partial charge >= 0.3 is 0 Å². The lowest BCUT2D eigenvalue weighted by Gasteiger charge is -2.23. The molecule has 1 amide bonds. The van der Waals surface area contributed by atoms with Crippen molar-refractivity contribution in [3.05, 3.63) is 29.6 Å². The standard InChI is InChI=1S/C17H24F3N3O3S/c1-17(2,3)21-14(24)11-22-7-4-8-23(10-9-22)27(25,26)13-6-5-12(18)15(19)16(13)20/h5-6H,4,7-11H2,1-3H3,(H,21,24)/p+1. The highest BCUT2D eigenvalue weighted by Crippen LogP contribution is 2.23. The van der Waals surface area contributed by atoms with E-state index in [0.29, 0.717) is 25.6 Å². The maximum Gasteiger partial charge on any atom is 0.275 e. The summed E-state index contributed by atoms with van der Waals surface area (Å²) in [6.07, 6.45) is 0.461. The molecule has 1 unspecified atom stereocenters. The molecular weight excluding hydrogens is 383 g/mol. The molecule has 1 atom stereocenters. The van der Waals surface area contributed by atoms with Crippen LogP contribution in [0.5, 0.6) is 0 Å². The predicted octanol–water partition coefficient (Wildman–Crippen LogP) is 0.298. The average molecular weight is 408 g/mol. The molecule has 1 aromatic carbocycles. The Labute approximate surface area is 157 Å². The van der Waals surface area contributed by atoms with Gasteiger partial charge in [0.05, 0.1) is 19.6 Å². The maximum atomic E-state index is 13.9. The third-order valence-electron chi connectivity index (χ3n) is 4.20. The van der Waals surface area contributed by atoms with E-state index in [9.17, 15) is 26.4 Å². The summed E-state index contributed by atoms with van der Waals surface area (Å²) in [5, 5.41) is 2.85. The molecule has 1 saturated heterocycles. The molecule has 0 spiro atoms. The SMILES string of the molecule is CC(C)(C)NC(=O)C[NH+]1CCCN(S(=O)(=O)c2ccc(F)c(F)c2F)CC1. The van der Waals surface area contributed by atoms with Crippen molar-refractivity contribution >= 4 is 15.9 Å². The van der Waals surface area contributed by atoms with Gasteiger partial charge in [0.1, 0.15) is 4.90 Å². The molecule has 0 saturated carbocycles. The number of nitrogens with zero attached hydrogens (tertiary/aromatic N) is 1. The third-order valence-corrected chi connectivity index (χ3v) is 6.11. The Morgan fingerprint density at radius 1 is 1.15 bits per heavy atom. The van der Waals surface area contributed by atoms with E-state index in [-0.39, 0.29) is 31.1 Å². The number of quaternary nitrogens is 1. The lowest BCUT2D eigenvalue weighted by molar-refractivity contribution is -0.889. The Kier molecular flexibility index (Phi) is 6.54. The minimum absolute atomic E-state index is 0.0545. The summed E-state index contributed by atoms with van der Waals surface area (Å²) in [4.78, 5) is 12.1. The molecule has 1 aliphatic rings. The summed E-state index contributed by atoms with van der Waals surface area (Å²) >= 11 is 0. The fraction of sp³-hybridized carbons (Fsp3) is 0.588. The lowest BCUT2D eigenvalue weighted by Crippen LogP contribution is -3.13. The smallest absolute Gasteiger partial charge is 0.275 e. The first kappa shape index (κ1) is 21.6. The van der Waals surface area contributed by atoms with E-state index in [2.05, 4.69) is 5.32 Å². The Morgan fingerprint density at radius 2 is 1.81 bits per heavy atom. The van der Waals surface area contributed by atoms with Crippen LogP contribution >= 0.6 is 0 Å². The number of hydrogen-bond donors (Lipinski definition) is 2. The summed E-state index contributed by atoms with van der Waals surface area (Å²) < 4.78 is 66.8. The van der Waals surface area contributed by atoms with Crippen LogP contribution in [0.1, 0.15) is 27.2 Å². The van der Waals surface area contributed by atoms with E-state index < -0.39 is 32.4 Å². The fourth-order valence-electron chi connectivity index (χ4n) is 2.98. The normalized spacial score (nSPS) is 19.6. The van der Waals surface area contributed by atoms with E-state index >= 15 is 0 Å². The number of halogens is 3. The number of hydrogen-bond acceptors (Lipinski definition) is 3. The van der Waals surface area contributed by atoms with Crippen LogP contribution in [0.3, 0.4) is 0 Å². The number of amides is 1. The van der Waals surface area contributed by atoms with Crippen molar-refractivity contribution in [1.29, 1.82) is 0 Å². The van der Waals surface area contributed by atoms with Gasteiger partial charge in [0, 0.05) is 18.5 Å². The van der Waals surface area contributed by atoms with Crippen LogP contribution in [-0.2, 0) is 14.8 Å². The first-order valence-corrected chi connectivity index (χ1v) is 10.1. The Hall–Kier alpha value is -1.65. The number of benzene rings is 1. The summed E-state index contributed by atoms with van der Waals surface area (Å²) in [5.41, 5.74) is -0.359. The van der Waals surface area contributed by atoms with E-state index in [0.717, 1.165) is 15.3 Å². The van der Waals surface area contributed by atoms with Crippen LogP contribution in [-0.4, -0.2) is 56.9 Å². The molecule has 6 nitrogen and oxygen atoms in total. The molecule has 27 heavy (non-hydrogen) atoms. The van der Waals surface area contributed by atoms with E-state index in [1.165, 1.54) is 0 Å². The second-order valence-electron chi connectivity index (χ2n) is 7.66. The molecule has 2 rings (SSSR count). The molecule has 1 fully saturated rings. The van der Waals surface area contributed by atoms with Gasteiger partial charge in [0.25, 0.3) is 5.91 Å². The second kappa shape index (κ2) is 8.15. The van der Waals surface area contributed by atoms with Crippen LogP contribution < -0.4 is 10.2 Å². The number of carbonyl (C=O) groups is 1. The van der Waals surface area contributed by atoms with Crippen LogP contribution in [0.2, 0.25) is 0 Å². The Balaban J connectivity index is 2.09. The molecule has 0 aliphatic carbocycles. The molecule has 0 radical (unpaired) electrons. The van der Waals surface area contributed by atoms with Crippen molar-refractivity contribution in [2.24, 2.45) is 0 Å². The Morgan fingerprint density at radius 3 is 2.44 bits per heavy atom. The number of sulfonamides is 1. The van der Waals surface area contributed by atoms with Crippen molar-refractivity contribution < 1.29 is 31.3 Å². The van der Waals surface area contributed by atoms with Gasteiger partial charge in [0.2, 0.25) is 10.0 Å². The molecule has 0 bridgehead atoms. The van der Waals surface area contributed by atoms with Crippen molar-refractivity contribution in [3.63, 3.8) is 0 Å². The topological polar surface area (TPSA) is 70.9 Å². The quantitative estimate of drug-likeness (QED) is 0.704. The molecule has 0 aromatic heterocycles. The first-order valence-electron chi connectivity index (χ1n) is 8.70. The number of nitrogens with one attached hydrogen (secondary N) is 2. The van der Waals surface area contributed by atoms with Crippen LogP contribution in [0.15, 0.2) is 17.0 Å². The van der Waals surface area contributed by atoms with Crippen molar-refractivity contribution in [3.8, 4) is 0 Å². The Bertz CT molecular complexity index is 810. The third kappa shape index (κ3) is 5.43. The molecule has 1 heterocycles. The maximum absolute atomic E-state index is 13.9. The van der Waals surface area contributed by atoms with Crippen LogP contribution in [0.4, 0.5) is 13.2 Å². The zero-order chi connectivity index (χ0) is 20.4. The number of carbonyl (C=O) groups excluding carboxylic acids is 1. The first-order chi connectivity index (χ1) is 12.4. The molecular formula is C17H25F3N3O3S+. The largest absolute Gasteiger partial charge is 0.347 e. The minimum atomic E-state index is -4.30. The molecule has 1 aliphatic heterocycles. The van der Waals surface area contributed by atoms with Gasteiger partial charge in [0.15, 0.2) is 24.0 Å². The van der Waals surface area contributed by atoms with Crippen molar-refractivity contribution in [1.82, 2.24) is 9.62 Å². The van der Waals surface area contributed by atoms with Gasteiger partial charge in [-0.25, -0.2) is 21.6 Å². The zero-order valence-corrected chi connectivity index (χ0v) is 16.4. The zero-order valence-electron chi connectivity index (χ0n) is 15.6. The lowest BCUT2D eigenvalue weighted by atomic mass is 10.1. The average Bonchev–Trinajstić information content (AvgIpc) is 2.76. The van der Waals surface area contributed by atoms with Crippen molar-refractivity contribution in [2.75, 3.05) is 32.7 Å². The predicted molar refractivity (Wildman–Crippen MR) is 93.2 cm³/mol. The molecule has 10 heteroatoms. The van der Waals surface area contributed by atoms with Gasteiger partial charge < -0.3 is 10.2 Å². The molecule has 1 aromatic rings. The molecule has 2 N–H and O–H groups in total.